The minimum atomic E-state index is -0.234. The van der Waals surface area contributed by atoms with Gasteiger partial charge in [0.1, 0.15) is 5.78 Å². The van der Waals surface area contributed by atoms with Crippen LogP contribution in [0.1, 0.15) is 45.2 Å². The smallest absolute Gasteiger partial charge is 0.239 e. The zero-order chi connectivity index (χ0) is 17.2. The summed E-state index contributed by atoms with van der Waals surface area (Å²) in [4.78, 5) is 25.7. The lowest BCUT2D eigenvalue weighted by Crippen LogP contribution is -2.41. The molecule has 1 amide bonds. The van der Waals surface area contributed by atoms with Crippen molar-refractivity contribution in [2.45, 2.75) is 52.1 Å². The van der Waals surface area contributed by atoms with E-state index < -0.39 is 0 Å². The van der Waals surface area contributed by atoms with E-state index in [1.54, 1.807) is 11.8 Å². The number of carbonyl (C=O) groups excluding carboxylic acids is 2. The maximum Gasteiger partial charge on any atom is 0.239 e. The standard InChI is InChI=1S/C19H28N2O2/c1-13(22)15-10-17(20-11-15)18(23)21(5)12-14-6-8-16(9-7-14)19(2,3)4/h6-9,15,17,20H,10-12H2,1-5H3. The topological polar surface area (TPSA) is 49.4 Å². The number of nitrogens with zero attached hydrogens (tertiary/aromatic N) is 1. The fraction of sp³-hybridized carbons (Fsp3) is 0.579. The van der Waals surface area contributed by atoms with Gasteiger partial charge in [-0.2, -0.15) is 0 Å². The van der Waals surface area contributed by atoms with Crippen LogP contribution in [0, 0.1) is 5.92 Å². The van der Waals surface area contributed by atoms with Gasteiger partial charge in [-0.15, -0.1) is 0 Å². The minimum absolute atomic E-state index is 0.0246. The molecule has 126 valence electrons. The number of nitrogens with one attached hydrogen (secondary N) is 1. The van der Waals surface area contributed by atoms with Crippen LogP contribution < -0.4 is 5.32 Å². The molecule has 1 aromatic carbocycles. The van der Waals surface area contributed by atoms with Crippen LogP contribution >= 0.6 is 0 Å². The lowest BCUT2D eigenvalue weighted by atomic mass is 9.87. The lowest BCUT2D eigenvalue weighted by Gasteiger charge is -2.23. The van der Waals surface area contributed by atoms with Crippen molar-refractivity contribution < 1.29 is 9.59 Å². The Bertz CT molecular complexity index is 572. The Morgan fingerprint density at radius 3 is 2.30 bits per heavy atom. The highest BCUT2D eigenvalue weighted by Gasteiger charge is 2.33. The summed E-state index contributed by atoms with van der Waals surface area (Å²) in [5.74, 6) is 0.199. The fourth-order valence-electron chi connectivity index (χ4n) is 2.96. The average Bonchev–Trinajstić information content (AvgIpc) is 2.96. The Kier molecular flexibility index (Phi) is 5.25. The molecule has 4 heteroatoms. The summed E-state index contributed by atoms with van der Waals surface area (Å²) < 4.78 is 0. The van der Waals surface area contributed by atoms with Gasteiger partial charge in [0, 0.05) is 26.1 Å². The van der Waals surface area contributed by atoms with E-state index in [4.69, 9.17) is 0 Å². The number of carbonyl (C=O) groups is 2. The third kappa shape index (κ3) is 4.41. The first-order valence-electron chi connectivity index (χ1n) is 8.26. The highest BCUT2D eigenvalue weighted by atomic mass is 16.2. The molecule has 1 N–H and O–H groups in total. The van der Waals surface area contributed by atoms with Crippen molar-refractivity contribution in [3.05, 3.63) is 35.4 Å². The second-order valence-corrected chi connectivity index (χ2v) is 7.65. The van der Waals surface area contributed by atoms with E-state index in [-0.39, 0.29) is 29.1 Å². The minimum Gasteiger partial charge on any atom is -0.340 e. The summed E-state index contributed by atoms with van der Waals surface area (Å²) in [6.45, 7) is 9.37. The molecule has 0 radical (unpaired) electrons. The predicted octanol–water partition coefficient (Wildman–Crippen LogP) is 2.51. The Hall–Kier alpha value is -1.68. The van der Waals surface area contributed by atoms with Crippen LogP contribution in [0.25, 0.3) is 0 Å². The summed E-state index contributed by atoms with van der Waals surface area (Å²) in [6.07, 6.45) is 0.613. The monoisotopic (exact) mass is 316 g/mol. The highest BCUT2D eigenvalue weighted by Crippen LogP contribution is 2.23. The first kappa shape index (κ1) is 17.7. The molecule has 1 heterocycles. The first-order chi connectivity index (χ1) is 10.7. The molecule has 0 spiro atoms. The van der Waals surface area contributed by atoms with Gasteiger partial charge in [0.2, 0.25) is 5.91 Å². The third-order valence-electron chi connectivity index (χ3n) is 4.62. The van der Waals surface area contributed by atoms with Crippen molar-refractivity contribution >= 4 is 11.7 Å². The highest BCUT2D eigenvalue weighted by molar-refractivity contribution is 5.85. The molecule has 1 aliphatic heterocycles. The molecule has 4 nitrogen and oxygen atoms in total. The number of amides is 1. The van der Waals surface area contributed by atoms with E-state index in [1.807, 2.05) is 7.05 Å². The van der Waals surface area contributed by atoms with Crippen LogP contribution in [0.15, 0.2) is 24.3 Å². The van der Waals surface area contributed by atoms with Gasteiger partial charge in [0.25, 0.3) is 0 Å². The number of Topliss-reactive ketones (excluding diaryl/α,β-unsaturated/α-hetero) is 1. The van der Waals surface area contributed by atoms with Crippen LogP contribution in [0.5, 0.6) is 0 Å². The number of likely N-dealkylation sites (N-methyl/N-ethyl adjacent to an activating group) is 1. The Morgan fingerprint density at radius 2 is 1.83 bits per heavy atom. The van der Waals surface area contributed by atoms with Crippen LogP contribution in [0.2, 0.25) is 0 Å². The van der Waals surface area contributed by atoms with E-state index in [9.17, 15) is 9.59 Å². The van der Waals surface area contributed by atoms with Gasteiger partial charge in [-0.1, -0.05) is 45.0 Å². The van der Waals surface area contributed by atoms with Crippen molar-refractivity contribution in [2.75, 3.05) is 13.6 Å². The van der Waals surface area contributed by atoms with E-state index in [0.29, 0.717) is 19.5 Å². The molecule has 0 aromatic heterocycles. The molecule has 1 fully saturated rings. The second kappa shape index (κ2) is 6.83. The van der Waals surface area contributed by atoms with E-state index in [0.717, 1.165) is 5.56 Å². The van der Waals surface area contributed by atoms with Gasteiger partial charge < -0.3 is 10.2 Å². The molecular formula is C19H28N2O2. The van der Waals surface area contributed by atoms with Gasteiger partial charge in [-0.3, -0.25) is 9.59 Å². The van der Waals surface area contributed by atoms with Gasteiger partial charge in [0.05, 0.1) is 6.04 Å². The third-order valence-corrected chi connectivity index (χ3v) is 4.62. The molecule has 1 aromatic rings. The number of hydrogen-bond donors (Lipinski definition) is 1. The number of ketones is 1. The zero-order valence-electron chi connectivity index (χ0n) is 14.8. The number of benzene rings is 1. The predicted molar refractivity (Wildman–Crippen MR) is 92.2 cm³/mol. The quantitative estimate of drug-likeness (QED) is 0.928. The van der Waals surface area contributed by atoms with Gasteiger partial charge >= 0.3 is 0 Å². The molecular weight excluding hydrogens is 288 g/mol. The van der Waals surface area contributed by atoms with E-state index >= 15 is 0 Å². The summed E-state index contributed by atoms with van der Waals surface area (Å²) in [5, 5.41) is 3.17. The first-order valence-corrected chi connectivity index (χ1v) is 8.26. The number of hydrogen-bond acceptors (Lipinski definition) is 3. The van der Waals surface area contributed by atoms with E-state index in [2.05, 4.69) is 50.4 Å². The van der Waals surface area contributed by atoms with Crippen LogP contribution in [-0.2, 0) is 21.5 Å². The molecule has 0 aliphatic carbocycles. The van der Waals surface area contributed by atoms with Crippen molar-refractivity contribution in [3.63, 3.8) is 0 Å². The van der Waals surface area contributed by atoms with Gasteiger partial charge in [0.15, 0.2) is 0 Å². The van der Waals surface area contributed by atoms with Crippen LogP contribution in [-0.4, -0.2) is 36.2 Å². The van der Waals surface area contributed by atoms with Gasteiger partial charge in [-0.05, 0) is 29.9 Å². The summed E-state index contributed by atoms with van der Waals surface area (Å²) in [6, 6.07) is 8.21. The van der Waals surface area contributed by atoms with Crippen LogP contribution in [0.4, 0.5) is 0 Å². The number of rotatable bonds is 4. The lowest BCUT2D eigenvalue weighted by molar-refractivity contribution is -0.132. The summed E-state index contributed by atoms with van der Waals surface area (Å²) >= 11 is 0. The van der Waals surface area contributed by atoms with Crippen LogP contribution in [0.3, 0.4) is 0 Å². The molecule has 2 unspecified atom stereocenters. The van der Waals surface area contributed by atoms with Crippen molar-refractivity contribution in [1.82, 2.24) is 10.2 Å². The molecule has 2 rings (SSSR count). The van der Waals surface area contributed by atoms with Crippen molar-refractivity contribution in [1.29, 1.82) is 0 Å². The summed E-state index contributed by atoms with van der Waals surface area (Å²) in [7, 11) is 1.82. The molecule has 0 bridgehead atoms. The molecule has 2 atom stereocenters. The van der Waals surface area contributed by atoms with Crippen molar-refractivity contribution in [3.8, 4) is 0 Å². The molecule has 0 saturated carbocycles. The maximum absolute atomic E-state index is 12.5. The Morgan fingerprint density at radius 1 is 1.22 bits per heavy atom. The fourth-order valence-corrected chi connectivity index (χ4v) is 2.96. The molecule has 1 aliphatic rings. The summed E-state index contributed by atoms with van der Waals surface area (Å²) in [5.41, 5.74) is 2.54. The second-order valence-electron chi connectivity index (χ2n) is 7.65. The Balaban J connectivity index is 1.95. The largest absolute Gasteiger partial charge is 0.340 e. The molecule has 1 saturated heterocycles. The Labute approximate surface area is 139 Å². The normalized spacial score (nSPS) is 21.3. The van der Waals surface area contributed by atoms with Crippen molar-refractivity contribution in [2.24, 2.45) is 5.92 Å². The maximum atomic E-state index is 12.5. The zero-order valence-corrected chi connectivity index (χ0v) is 14.8. The SMILES string of the molecule is CC(=O)C1CNC(C(=O)N(C)Cc2ccc(C(C)(C)C)cc2)C1. The van der Waals surface area contributed by atoms with Gasteiger partial charge in [-0.25, -0.2) is 0 Å². The van der Waals surface area contributed by atoms with E-state index in [1.165, 1.54) is 5.56 Å². The molecule has 23 heavy (non-hydrogen) atoms. The average molecular weight is 316 g/mol.